The Balaban J connectivity index is 3.24. The summed E-state index contributed by atoms with van der Waals surface area (Å²) in [6.07, 6.45) is 0.949. The van der Waals surface area contributed by atoms with Gasteiger partial charge in [0.05, 0.1) is 18.8 Å². The molecule has 0 aromatic carbocycles. The third-order valence-corrected chi connectivity index (χ3v) is 2.41. The van der Waals surface area contributed by atoms with E-state index in [-0.39, 0.29) is 6.04 Å². The fraction of sp³-hybridized carbons (Fsp3) is 1.00. The van der Waals surface area contributed by atoms with Crippen LogP contribution in [0.3, 0.4) is 0 Å². The molecule has 15 heavy (non-hydrogen) atoms. The summed E-state index contributed by atoms with van der Waals surface area (Å²) in [5, 5.41) is 12.9. The highest BCUT2D eigenvalue weighted by Crippen LogP contribution is 2.06. The lowest BCUT2D eigenvalue weighted by molar-refractivity contribution is 0.0413. The van der Waals surface area contributed by atoms with Crippen molar-refractivity contribution < 1.29 is 14.6 Å². The smallest absolute Gasteiger partial charge is 0.0741 e. The number of methoxy groups -OCH3 is 1. The number of ether oxygens (including phenoxy) is 2. The monoisotopic (exact) mass is 219 g/mol. The van der Waals surface area contributed by atoms with Crippen molar-refractivity contribution >= 4 is 0 Å². The summed E-state index contributed by atoms with van der Waals surface area (Å²) in [5.41, 5.74) is -0.670. The third kappa shape index (κ3) is 8.81. The fourth-order valence-electron chi connectivity index (χ4n) is 0.987. The van der Waals surface area contributed by atoms with Gasteiger partial charge in [-0.25, -0.2) is 0 Å². The van der Waals surface area contributed by atoms with Crippen LogP contribution >= 0.6 is 0 Å². The second kappa shape index (κ2) is 8.05. The van der Waals surface area contributed by atoms with E-state index in [1.807, 2.05) is 6.92 Å². The Kier molecular flexibility index (Phi) is 7.96. The molecule has 0 radical (unpaired) electrons. The summed E-state index contributed by atoms with van der Waals surface area (Å²) in [6.45, 7) is 8.48. The van der Waals surface area contributed by atoms with Crippen molar-refractivity contribution in [1.82, 2.24) is 5.32 Å². The van der Waals surface area contributed by atoms with E-state index >= 15 is 0 Å². The molecule has 0 bridgehead atoms. The Morgan fingerprint density at radius 2 is 1.93 bits per heavy atom. The van der Waals surface area contributed by atoms with E-state index < -0.39 is 5.60 Å². The fourth-order valence-corrected chi connectivity index (χ4v) is 0.987. The largest absolute Gasteiger partial charge is 0.389 e. The van der Waals surface area contributed by atoms with Gasteiger partial charge in [0.1, 0.15) is 0 Å². The average Bonchev–Trinajstić information content (AvgIpc) is 2.14. The van der Waals surface area contributed by atoms with Crippen molar-refractivity contribution in [3.8, 4) is 0 Å². The first-order valence-corrected chi connectivity index (χ1v) is 5.51. The van der Waals surface area contributed by atoms with Gasteiger partial charge < -0.3 is 19.9 Å². The predicted molar refractivity (Wildman–Crippen MR) is 61.1 cm³/mol. The van der Waals surface area contributed by atoms with Crippen molar-refractivity contribution in [2.75, 3.05) is 33.5 Å². The van der Waals surface area contributed by atoms with Crippen LogP contribution in [0.4, 0.5) is 0 Å². The van der Waals surface area contributed by atoms with Gasteiger partial charge in [0.2, 0.25) is 0 Å². The van der Waals surface area contributed by atoms with E-state index in [1.165, 1.54) is 0 Å². The van der Waals surface area contributed by atoms with Gasteiger partial charge in [0.15, 0.2) is 0 Å². The molecule has 0 saturated carbocycles. The molecule has 1 unspecified atom stereocenters. The van der Waals surface area contributed by atoms with E-state index in [1.54, 1.807) is 21.0 Å². The summed E-state index contributed by atoms with van der Waals surface area (Å²) in [5.74, 6) is 0. The average molecular weight is 219 g/mol. The van der Waals surface area contributed by atoms with Crippen LogP contribution in [0.5, 0.6) is 0 Å². The molecular weight excluding hydrogens is 194 g/mol. The summed E-state index contributed by atoms with van der Waals surface area (Å²) < 4.78 is 10.2. The predicted octanol–water partition coefficient (Wildman–Crippen LogP) is 0.788. The molecule has 0 spiro atoms. The molecule has 0 aliphatic carbocycles. The lowest BCUT2D eigenvalue weighted by atomic mass is 10.0. The third-order valence-electron chi connectivity index (χ3n) is 2.41. The molecule has 0 heterocycles. The van der Waals surface area contributed by atoms with E-state index in [2.05, 4.69) is 5.32 Å². The maximum atomic E-state index is 9.65. The van der Waals surface area contributed by atoms with Gasteiger partial charge in [-0.2, -0.15) is 0 Å². The van der Waals surface area contributed by atoms with Crippen LogP contribution in [0.2, 0.25) is 0 Å². The molecule has 0 aliphatic rings. The van der Waals surface area contributed by atoms with E-state index in [4.69, 9.17) is 9.47 Å². The maximum absolute atomic E-state index is 9.65. The van der Waals surface area contributed by atoms with Crippen LogP contribution in [-0.4, -0.2) is 50.2 Å². The highest BCUT2D eigenvalue weighted by atomic mass is 16.5. The zero-order valence-corrected chi connectivity index (χ0v) is 10.4. The minimum absolute atomic E-state index is 0.0940. The summed E-state index contributed by atoms with van der Waals surface area (Å²) >= 11 is 0. The van der Waals surface area contributed by atoms with Gasteiger partial charge in [-0.05, 0) is 33.7 Å². The second-order valence-corrected chi connectivity index (χ2v) is 4.29. The molecule has 0 rings (SSSR count). The van der Waals surface area contributed by atoms with E-state index in [9.17, 15) is 5.11 Å². The number of hydrogen-bond donors (Lipinski definition) is 2. The summed E-state index contributed by atoms with van der Waals surface area (Å²) in [7, 11) is 1.66. The molecule has 0 aromatic rings. The lowest BCUT2D eigenvalue weighted by Gasteiger charge is -2.26. The van der Waals surface area contributed by atoms with Crippen LogP contribution in [0.25, 0.3) is 0 Å². The molecule has 2 N–H and O–H groups in total. The van der Waals surface area contributed by atoms with Gasteiger partial charge >= 0.3 is 0 Å². The van der Waals surface area contributed by atoms with Crippen molar-refractivity contribution in [1.29, 1.82) is 0 Å². The highest BCUT2D eigenvalue weighted by Gasteiger charge is 2.20. The van der Waals surface area contributed by atoms with Crippen molar-refractivity contribution in [3.63, 3.8) is 0 Å². The van der Waals surface area contributed by atoms with Crippen molar-refractivity contribution in [2.24, 2.45) is 0 Å². The van der Waals surface area contributed by atoms with E-state index in [0.717, 1.165) is 19.6 Å². The molecule has 0 saturated heterocycles. The van der Waals surface area contributed by atoms with Crippen LogP contribution in [-0.2, 0) is 9.47 Å². The summed E-state index contributed by atoms with van der Waals surface area (Å²) in [6, 6.07) is 0.0940. The topological polar surface area (TPSA) is 50.7 Å². The molecule has 4 nitrogen and oxygen atoms in total. The van der Waals surface area contributed by atoms with Crippen LogP contribution in [0.1, 0.15) is 27.2 Å². The quantitative estimate of drug-likeness (QED) is 0.563. The highest BCUT2D eigenvalue weighted by molar-refractivity contribution is 4.79. The lowest BCUT2D eigenvalue weighted by Crippen LogP contribution is -2.44. The first-order valence-electron chi connectivity index (χ1n) is 5.51. The van der Waals surface area contributed by atoms with Gasteiger partial charge in [-0.1, -0.05) is 0 Å². The number of aliphatic hydroxyl groups is 1. The number of nitrogens with one attached hydrogen (secondary N) is 1. The molecule has 1 atom stereocenters. The maximum Gasteiger partial charge on any atom is 0.0741 e. The number of hydrogen-bond acceptors (Lipinski definition) is 4. The second-order valence-electron chi connectivity index (χ2n) is 4.29. The SMILES string of the molecule is COCCOCCCNC(C)C(C)(C)O. The Labute approximate surface area is 93.0 Å². The van der Waals surface area contributed by atoms with Crippen LogP contribution < -0.4 is 5.32 Å². The minimum Gasteiger partial charge on any atom is -0.389 e. The first-order chi connectivity index (χ1) is 6.98. The number of rotatable bonds is 9. The molecule has 4 heteroatoms. The Hall–Kier alpha value is -0.160. The molecular formula is C11H25NO3. The first kappa shape index (κ1) is 14.8. The molecule has 0 amide bonds. The normalized spacial score (nSPS) is 14.2. The van der Waals surface area contributed by atoms with Gasteiger partial charge in [0.25, 0.3) is 0 Å². The Morgan fingerprint density at radius 3 is 2.47 bits per heavy atom. The standard InChI is InChI=1S/C11H25NO3/c1-10(11(2,3)13)12-6-5-7-15-9-8-14-4/h10,12-13H,5-9H2,1-4H3. The molecule has 92 valence electrons. The molecule has 0 aromatic heterocycles. The zero-order chi connectivity index (χ0) is 11.7. The molecule has 0 aliphatic heterocycles. The van der Waals surface area contributed by atoms with Crippen molar-refractivity contribution in [3.05, 3.63) is 0 Å². The van der Waals surface area contributed by atoms with Crippen LogP contribution in [0.15, 0.2) is 0 Å². The van der Waals surface area contributed by atoms with Crippen molar-refractivity contribution in [2.45, 2.75) is 38.8 Å². The zero-order valence-electron chi connectivity index (χ0n) is 10.4. The van der Waals surface area contributed by atoms with E-state index in [0.29, 0.717) is 13.2 Å². The summed E-state index contributed by atoms with van der Waals surface area (Å²) in [4.78, 5) is 0. The van der Waals surface area contributed by atoms with Gasteiger partial charge in [-0.15, -0.1) is 0 Å². The van der Waals surface area contributed by atoms with Crippen LogP contribution in [0, 0.1) is 0 Å². The van der Waals surface area contributed by atoms with Gasteiger partial charge in [0, 0.05) is 19.8 Å². The molecule has 0 fully saturated rings. The van der Waals surface area contributed by atoms with Gasteiger partial charge in [-0.3, -0.25) is 0 Å². The Bertz CT molecular complexity index is 145. The Morgan fingerprint density at radius 1 is 1.27 bits per heavy atom. The minimum atomic E-state index is -0.670.